The van der Waals surface area contributed by atoms with Crippen LogP contribution in [0.15, 0.2) is 59.1 Å². The third-order valence-electron chi connectivity index (χ3n) is 4.66. The Hall–Kier alpha value is -2.62. The zero-order valence-electron chi connectivity index (χ0n) is 18.4. The number of allylic oxidation sites excluding steroid dienone is 7. The molecule has 1 heterocycles. The van der Waals surface area contributed by atoms with Gasteiger partial charge in [0.05, 0.1) is 0 Å². The highest BCUT2D eigenvalue weighted by atomic mass is 16.4. The summed E-state index contributed by atoms with van der Waals surface area (Å²) in [6, 6.07) is 3.27. The molecule has 1 rings (SSSR count). The fourth-order valence-electron chi connectivity index (χ4n) is 2.98. The molecule has 4 nitrogen and oxygen atoms in total. The van der Waals surface area contributed by atoms with Crippen LogP contribution in [0.1, 0.15) is 94.4 Å². The highest BCUT2D eigenvalue weighted by Crippen LogP contribution is 2.19. The molecule has 0 atom stereocenters. The highest BCUT2D eigenvalue weighted by Gasteiger charge is 2.12. The molecule has 1 aromatic rings. The molecular weight excluding hydrogens is 376 g/mol. The van der Waals surface area contributed by atoms with E-state index in [0.717, 1.165) is 51.0 Å². The molecule has 1 aromatic heterocycles. The van der Waals surface area contributed by atoms with Crippen LogP contribution in [0.2, 0.25) is 0 Å². The molecule has 0 aromatic carbocycles. The van der Waals surface area contributed by atoms with E-state index in [-0.39, 0.29) is 5.78 Å². The predicted octanol–water partition coefficient (Wildman–Crippen LogP) is 7.54. The standard InChI is InChI=1S/C26H36O4/c1-3-4-5-6-7-8-9-10-11-12-13-14-15-16-17-18-23(27)25-20-19-24(30-25)22(2)21-26(28)29/h4-5,7-8,10-11,19-21H,3,6,9,12-18H2,1-2H3,(H,28,29)/b5-4+,8-7+,11-10+,22-21-. The van der Waals surface area contributed by atoms with Crippen LogP contribution in [0.25, 0.3) is 5.57 Å². The number of hydrogen-bond acceptors (Lipinski definition) is 3. The summed E-state index contributed by atoms with van der Waals surface area (Å²) in [6.45, 7) is 3.80. The minimum absolute atomic E-state index is 0.0226. The van der Waals surface area contributed by atoms with E-state index in [4.69, 9.17) is 9.52 Å². The van der Waals surface area contributed by atoms with E-state index in [2.05, 4.69) is 43.4 Å². The monoisotopic (exact) mass is 412 g/mol. The van der Waals surface area contributed by atoms with Gasteiger partial charge in [0.25, 0.3) is 0 Å². The lowest BCUT2D eigenvalue weighted by Crippen LogP contribution is -1.97. The maximum atomic E-state index is 12.2. The van der Waals surface area contributed by atoms with Crippen molar-refractivity contribution in [3.05, 3.63) is 66.2 Å². The maximum Gasteiger partial charge on any atom is 0.328 e. The average Bonchev–Trinajstić information content (AvgIpc) is 3.21. The van der Waals surface area contributed by atoms with Gasteiger partial charge in [0.1, 0.15) is 5.76 Å². The first-order chi connectivity index (χ1) is 14.5. The van der Waals surface area contributed by atoms with Crippen molar-refractivity contribution >= 4 is 17.3 Å². The van der Waals surface area contributed by atoms with E-state index in [1.165, 1.54) is 12.8 Å². The van der Waals surface area contributed by atoms with Gasteiger partial charge >= 0.3 is 5.97 Å². The minimum atomic E-state index is -1.03. The first kappa shape index (κ1) is 25.4. The Labute approximate surface area is 181 Å². The molecule has 0 aliphatic carbocycles. The summed E-state index contributed by atoms with van der Waals surface area (Å²) in [6.07, 6.45) is 24.4. The van der Waals surface area contributed by atoms with Gasteiger partial charge in [-0.2, -0.15) is 0 Å². The average molecular weight is 413 g/mol. The van der Waals surface area contributed by atoms with E-state index in [0.29, 0.717) is 23.5 Å². The topological polar surface area (TPSA) is 67.5 Å². The fraction of sp³-hybridized carbons (Fsp3) is 0.462. The van der Waals surface area contributed by atoms with Gasteiger partial charge in [-0.25, -0.2) is 4.79 Å². The minimum Gasteiger partial charge on any atom is -0.478 e. The maximum absolute atomic E-state index is 12.2. The lowest BCUT2D eigenvalue weighted by atomic mass is 10.1. The second kappa shape index (κ2) is 16.2. The quantitative estimate of drug-likeness (QED) is 0.132. The normalized spacial score (nSPS) is 12.5. The Bertz CT molecular complexity index is 747. The summed E-state index contributed by atoms with van der Waals surface area (Å²) < 4.78 is 5.49. The number of unbranched alkanes of at least 4 members (excludes halogenated alkanes) is 5. The van der Waals surface area contributed by atoms with E-state index in [9.17, 15) is 9.59 Å². The van der Waals surface area contributed by atoms with Crippen molar-refractivity contribution in [2.24, 2.45) is 0 Å². The molecule has 0 amide bonds. The molecule has 0 aliphatic heterocycles. The Morgan fingerprint density at radius 1 is 0.867 bits per heavy atom. The Morgan fingerprint density at radius 3 is 2.17 bits per heavy atom. The van der Waals surface area contributed by atoms with Gasteiger partial charge in [-0.15, -0.1) is 0 Å². The van der Waals surface area contributed by atoms with Crippen LogP contribution in [0.5, 0.6) is 0 Å². The summed E-state index contributed by atoms with van der Waals surface area (Å²) in [5.41, 5.74) is 0.496. The molecule has 30 heavy (non-hydrogen) atoms. The summed E-state index contributed by atoms with van der Waals surface area (Å²) in [4.78, 5) is 22.9. The van der Waals surface area contributed by atoms with Gasteiger partial charge in [0.15, 0.2) is 11.5 Å². The van der Waals surface area contributed by atoms with E-state index >= 15 is 0 Å². The predicted molar refractivity (Wildman–Crippen MR) is 124 cm³/mol. The second-order valence-electron chi connectivity index (χ2n) is 7.35. The smallest absolute Gasteiger partial charge is 0.328 e. The first-order valence-corrected chi connectivity index (χ1v) is 11.0. The molecule has 0 saturated carbocycles. The van der Waals surface area contributed by atoms with Crippen LogP contribution in [0.4, 0.5) is 0 Å². The van der Waals surface area contributed by atoms with Gasteiger partial charge in [0, 0.05) is 12.5 Å². The van der Waals surface area contributed by atoms with Crippen molar-refractivity contribution in [1.82, 2.24) is 0 Å². The van der Waals surface area contributed by atoms with Gasteiger partial charge in [-0.1, -0.05) is 62.6 Å². The van der Waals surface area contributed by atoms with Crippen LogP contribution >= 0.6 is 0 Å². The van der Waals surface area contributed by atoms with Gasteiger partial charge in [-0.3, -0.25) is 4.79 Å². The van der Waals surface area contributed by atoms with Crippen LogP contribution < -0.4 is 0 Å². The lowest BCUT2D eigenvalue weighted by molar-refractivity contribution is -0.131. The van der Waals surface area contributed by atoms with Crippen molar-refractivity contribution in [2.45, 2.75) is 78.1 Å². The van der Waals surface area contributed by atoms with Crippen molar-refractivity contribution in [3.63, 3.8) is 0 Å². The zero-order valence-corrected chi connectivity index (χ0v) is 18.4. The van der Waals surface area contributed by atoms with Crippen LogP contribution in [0, 0.1) is 0 Å². The van der Waals surface area contributed by atoms with Crippen molar-refractivity contribution in [2.75, 3.05) is 0 Å². The van der Waals surface area contributed by atoms with Crippen molar-refractivity contribution < 1.29 is 19.1 Å². The SMILES string of the molecule is CC/C=C/C/C=C/C/C=C/CCCCCCCC(=O)c1ccc(/C(C)=C\C(=O)O)o1. The van der Waals surface area contributed by atoms with Crippen LogP contribution in [0.3, 0.4) is 0 Å². The number of Topliss-reactive ketones (excluding diaryl/α,β-unsaturated/α-hetero) is 1. The Balaban J connectivity index is 2.08. The lowest BCUT2D eigenvalue weighted by Gasteiger charge is -2.00. The van der Waals surface area contributed by atoms with Gasteiger partial charge < -0.3 is 9.52 Å². The number of carbonyl (C=O) groups is 2. The number of carbonyl (C=O) groups excluding carboxylic acids is 1. The van der Waals surface area contributed by atoms with Gasteiger partial charge in [-0.05, 0) is 63.2 Å². The summed E-state index contributed by atoms with van der Waals surface area (Å²) in [7, 11) is 0. The van der Waals surface area contributed by atoms with Gasteiger partial charge in [0.2, 0.25) is 0 Å². The van der Waals surface area contributed by atoms with Crippen molar-refractivity contribution in [1.29, 1.82) is 0 Å². The van der Waals surface area contributed by atoms with Crippen LogP contribution in [-0.4, -0.2) is 16.9 Å². The third-order valence-corrected chi connectivity index (χ3v) is 4.66. The molecule has 0 bridgehead atoms. The van der Waals surface area contributed by atoms with Crippen LogP contribution in [-0.2, 0) is 4.79 Å². The fourth-order valence-corrected chi connectivity index (χ4v) is 2.98. The highest BCUT2D eigenvalue weighted by molar-refractivity contribution is 5.94. The number of carboxylic acids is 1. The number of hydrogen-bond donors (Lipinski definition) is 1. The molecular formula is C26H36O4. The number of ketones is 1. The molecule has 0 aliphatic rings. The first-order valence-electron chi connectivity index (χ1n) is 11.0. The summed E-state index contributed by atoms with van der Waals surface area (Å²) >= 11 is 0. The molecule has 0 unspecified atom stereocenters. The summed E-state index contributed by atoms with van der Waals surface area (Å²) in [5.74, 6) is -0.313. The number of furan rings is 1. The number of carboxylic acid groups (broad SMARTS) is 1. The largest absolute Gasteiger partial charge is 0.478 e. The Kier molecular flexibility index (Phi) is 13.7. The molecule has 0 fully saturated rings. The number of rotatable bonds is 16. The molecule has 164 valence electrons. The molecule has 4 heteroatoms. The zero-order chi connectivity index (χ0) is 22.0. The van der Waals surface area contributed by atoms with E-state index in [1.54, 1.807) is 19.1 Å². The molecule has 0 saturated heterocycles. The molecule has 1 N–H and O–H groups in total. The molecule has 0 spiro atoms. The third kappa shape index (κ3) is 12.1. The second-order valence-corrected chi connectivity index (χ2v) is 7.35. The Morgan fingerprint density at radius 2 is 1.47 bits per heavy atom. The molecule has 0 radical (unpaired) electrons. The number of aliphatic carboxylic acids is 1. The van der Waals surface area contributed by atoms with E-state index < -0.39 is 5.97 Å². The summed E-state index contributed by atoms with van der Waals surface area (Å²) in [5, 5.41) is 8.77. The van der Waals surface area contributed by atoms with Crippen molar-refractivity contribution in [3.8, 4) is 0 Å². The van der Waals surface area contributed by atoms with E-state index in [1.807, 2.05) is 0 Å².